The SMILES string of the molecule is COC(=O)CCNc1nc(C(F)(F)F)cs1. The maximum atomic E-state index is 12.1. The van der Waals surface area contributed by atoms with Crippen LogP contribution >= 0.6 is 11.3 Å². The van der Waals surface area contributed by atoms with Gasteiger partial charge >= 0.3 is 12.1 Å². The lowest BCUT2D eigenvalue weighted by Crippen LogP contribution is -2.10. The monoisotopic (exact) mass is 254 g/mol. The first-order chi connectivity index (χ1) is 7.43. The first kappa shape index (κ1) is 12.8. The molecule has 16 heavy (non-hydrogen) atoms. The van der Waals surface area contributed by atoms with Crippen LogP contribution in [0.4, 0.5) is 18.3 Å². The second kappa shape index (κ2) is 5.15. The third-order valence-corrected chi connectivity index (χ3v) is 2.43. The molecule has 0 saturated carbocycles. The van der Waals surface area contributed by atoms with Gasteiger partial charge in [0.05, 0.1) is 13.5 Å². The Morgan fingerprint density at radius 1 is 1.62 bits per heavy atom. The molecule has 0 atom stereocenters. The Hall–Kier alpha value is -1.31. The van der Waals surface area contributed by atoms with Gasteiger partial charge in [-0.05, 0) is 0 Å². The first-order valence-electron chi connectivity index (χ1n) is 4.27. The highest BCUT2D eigenvalue weighted by Crippen LogP contribution is 2.31. The summed E-state index contributed by atoms with van der Waals surface area (Å²) in [7, 11) is 1.24. The molecule has 8 heteroatoms. The van der Waals surface area contributed by atoms with Gasteiger partial charge in [-0.15, -0.1) is 11.3 Å². The summed E-state index contributed by atoms with van der Waals surface area (Å²) in [5.74, 6) is -0.430. The van der Waals surface area contributed by atoms with Crippen molar-refractivity contribution in [2.75, 3.05) is 19.0 Å². The van der Waals surface area contributed by atoms with Crippen molar-refractivity contribution in [1.82, 2.24) is 4.98 Å². The van der Waals surface area contributed by atoms with E-state index < -0.39 is 17.8 Å². The number of carbonyl (C=O) groups is 1. The molecule has 90 valence electrons. The number of alkyl halides is 3. The zero-order valence-electron chi connectivity index (χ0n) is 8.30. The van der Waals surface area contributed by atoms with Gasteiger partial charge in [0.2, 0.25) is 0 Å². The molecule has 1 aromatic rings. The normalized spacial score (nSPS) is 11.2. The van der Waals surface area contributed by atoms with Crippen molar-refractivity contribution in [2.24, 2.45) is 0 Å². The number of hydrogen-bond acceptors (Lipinski definition) is 5. The van der Waals surface area contributed by atoms with E-state index in [1.54, 1.807) is 0 Å². The summed E-state index contributed by atoms with van der Waals surface area (Å²) in [5.41, 5.74) is -0.932. The van der Waals surface area contributed by atoms with Gasteiger partial charge in [-0.25, -0.2) is 4.98 Å². The molecular formula is C8H9F3N2O2S. The summed E-state index contributed by atoms with van der Waals surface area (Å²) in [5, 5.41) is 3.66. The minimum atomic E-state index is -4.43. The standard InChI is InChI=1S/C8H9F3N2O2S/c1-15-6(14)2-3-12-7-13-5(4-16-7)8(9,10)11/h4H,2-3H2,1H3,(H,12,13). The molecule has 1 aromatic heterocycles. The number of halogens is 3. The molecule has 0 aliphatic rings. The van der Waals surface area contributed by atoms with E-state index in [0.29, 0.717) is 0 Å². The molecule has 0 radical (unpaired) electrons. The van der Waals surface area contributed by atoms with E-state index in [4.69, 9.17) is 0 Å². The van der Waals surface area contributed by atoms with E-state index in [0.717, 1.165) is 16.7 Å². The number of nitrogens with zero attached hydrogens (tertiary/aromatic N) is 1. The average Bonchev–Trinajstić information content (AvgIpc) is 2.65. The van der Waals surface area contributed by atoms with Crippen molar-refractivity contribution in [1.29, 1.82) is 0 Å². The van der Waals surface area contributed by atoms with Crippen LogP contribution < -0.4 is 5.32 Å². The Balaban J connectivity index is 2.44. The summed E-state index contributed by atoms with van der Waals surface area (Å²) in [6.45, 7) is 0.192. The first-order valence-corrected chi connectivity index (χ1v) is 5.15. The van der Waals surface area contributed by atoms with Crippen LogP contribution in [0.1, 0.15) is 12.1 Å². The highest BCUT2D eigenvalue weighted by Gasteiger charge is 2.33. The maximum absolute atomic E-state index is 12.1. The molecule has 1 N–H and O–H groups in total. The lowest BCUT2D eigenvalue weighted by molar-refractivity contribution is -0.141. The zero-order chi connectivity index (χ0) is 12.2. The quantitative estimate of drug-likeness (QED) is 0.836. The van der Waals surface area contributed by atoms with Crippen molar-refractivity contribution in [2.45, 2.75) is 12.6 Å². The van der Waals surface area contributed by atoms with E-state index in [9.17, 15) is 18.0 Å². The molecule has 0 fully saturated rings. The molecule has 1 rings (SSSR count). The van der Waals surface area contributed by atoms with Crippen LogP contribution in [-0.4, -0.2) is 24.6 Å². The second-order valence-electron chi connectivity index (χ2n) is 2.79. The molecule has 1 heterocycles. The summed E-state index contributed by atoms with van der Waals surface area (Å²) >= 11 is 0.841. The van der Waals surface area contributed by atoms with E-state index in [1.165, 1.54) is 7.11 Å². The molecule has 0 aliphatic heterocycles. The van der Waals surface area contributed by atoms with Crippen molar-refractivity contribution in [3.63, 3.8) is 0 Å². The van der Waals surface area contributed by atoms with Crippen molar-refractivity contribution in [3.8, 4) is 0 Å². The fourth-order valence-electron chi connectivity index (χ4n) is 0.859. The summed E-state index contributed by atoms with van der Waals surface area (Å²) in [6.07, 6.45) is -4.35. The molecule has 0 aromatic carbocycles. The highest BCUT2D eigenvalue weighted by molar-refractivity contribution is 7.13. The van der Waals surface area contributed by atoms with Crippen molar-refractivity contribution >= 4 is 22.4 Å². The third kappa shape index (κ3) is 3.69. The van der Waals surface area contributed by atoms with Crippen LogP contribution in [-0.2, 0) is 15.7 Å². The molecular weight excluding hydrogens is 245 g/mol. The van der Waals surface area contributed by atoms with Gasteiger partial charge < -0.3 is 10.1 Å². The Morgan fingerprint density at radius 3 is 2.81 bits per heavy atom. The smallest absolute Gasteiger partial charge is 0.434 e. The fourth-order valence-corrected chi connectivity index (χ4v) is 1.60. The topological polar surface area (TPSA) is 51.2 Å². The van der Waals surface area contributed by atoms with Gasteiger partial charge in [-0.3, -0.25) is 4.79 Å². The Bertz CT molecular complexity index is 364. The van der Waals surface area contributed by atoms with Crippen LogP contribution in [0.15, 0.2) is 5.38 Å². The molecule has 0 spiro atoms. The lowest BCUT2D eigenvalue weighted by Gasteiger charge is -2.02. The van der Waals surface area contributed by atoms with Gasteiger partial charge in [0, 0.05) is 11.9 Å². The molecule has 0 amide bonds. The molecule has 0 aliphatic carbocycles. The number of hydrogen-bond donors (Lipinski definition) is 1. The number of thiazole rings is 1. The summed E-state index contributed by atoms with van der Waals surface area (Å²) < 4.78 is 40.8. The predicted octanol–water partition coefficient (Wildman–Crippen LogP) is 2.14. The molecule has 4 nitrogen and oxygen atoms in total. The van der Waals surface area contributed by atoms with Gasteiger partial charge in [0.15, 0.2) is 10.8 Å². The number of anilines is 1. The number of nitrogens with one attached hydrogen (secondary N) is 1. The van der Waals surface area contributed by atoms with E-state index in [2.05, 4.69) is 15.0 Å². The number of ether oxygens (including phenoxy) is 1. The number of aromatic nitrogens is 1. The Morgan fingerprint density at radius 2 is 2.31 bits per heavy atom. The predicted molar refractivity (Wildman–Crippen MR) is 52.2 cm³/mol. The minimum Gasteiger partial charge on any atom is -0.469 e. The fraction of sp³-hybridized carbons (Fsp3) is 0.500. The maximum Gasteiger partial charge on any atom is 0.434 e. The number of carbonyl (C=O) groups excluding carboxylic acids is 1. The lowest BCUT2D eigenvalue weighted by atomic mass is 10.4. The highest BCUT2D eigenvalue weighted by atomic mass is 32.1. The van der Waals surface area contributed by atoms with Gasteiger partial charge in [-0.1, -0.05) is 0 Å². The molecule has 0 saturated heterocycles. The third-order valence-electron chi connectivity index (χ3n) is 1.63. The van der Waals surface area contributed by atoms with Crippen LogP contribution in [0.3, 0.4) is 0 Å². The van der Waals surface area contributed by atoms with E-state index in [-0.39, 0.29) is 18.1 Å². The van der Waals surface area contributed by atoms with E-state index >= 15 is 0 Å². The summed E-state index contributed by atoms with van der Waals surface area (Å²) in [4.78, 5) is 14.0. The van der Waals surface area contributed by atoms with Crippen molar-refractivity contribution in [3.05, 3.63) is 11.1 Å². The average molecular weight is 254 g/mol. The second-order valence-corrected chi connectivity index (χ2v) is 3.65. The van der Waals surface area contributed by atoms with Gasteiger partial charge in [0.25, 0.3) is 0 Å². The summed E-state index contributed by atoms with van der Waals surface area (Å²) in [6, 6.07) is 0. The molecule has 0 bridgehead atoms. The van der Waals surface area contributed by atoms with E-state index in [1.807, 2.05) is 0 Å². The largest absolute Gasteiger partial charge is 0.469 e. The molecule has 0 unspecified atom stereocenters. The number of methoxy groups -OCH3 is 1. The number of rotatable bonds is 4. The van der Waals surface area contributed by atoms with Crippen LogP contribution in [0.2, 0.25) is 0 Å². The van der Waals surface area contributed by atoms with Gasteiger partial charge in [0.1, 0.15) is 0 Å². The van der Waals surface area contributed by atoms with Crippen LogP contribution in [0.5, 0.6) is 0 Å². The Kier molecular flexibility index (Phi) is 4.11. The van der Waals surface area contributed by atoms with Gasteiger partial charge in [-0.2, -0.15) is 13.2 Å². The Labute approximate surface area is 93.4 Å². The van der Waals surface area contributed by atoms with Crippen LogP contribution in [0, 0.1) is 0 Å². The van der Waals surface area contributed by atoms with Crippen molar-refractivity contribution < 1.29 is 22.7 Å². The number of esters is 1. The van der Waals surface area contributed by atoms with Crippen LogP contribution in [0.25, 0.3) is 0 Å². The zero-order valence-corrected chi connectivity index (χ0v) is 9.11. The minimum absolute atomic E-state index is 0.0808.